The van der Waals surface area contributed by atoms with Gasteiger partial charge in [-0.3, -0.25) is 10.1 Å². The van der Waals surface area contributed by atoms with E-state index >= 15 is 0 Å². The Hall–Kier alpha value is -3.07. The third-order valence-corrected chi connectivity index (χ3v) is 4.55. The number of aryl methyl sites for hydroxylation is 2. The van der Waals surface area contributed by atoms with Crippen LogP contribution in [0.1, 0.15) is 21.6 Å². The molecule has 0 aliphatic heterocycles. The van der Waals surface area contributed by atoms with Gasteiger partial charge in [0.05, 0.1) is 19.9 Å². The van der Waals surface area contributed by atoms with Crippen LogP contribution in [0, 0.1) is 5.82 Å². The summed E-state index contributed by atoms with van der Waals surface area (Å²) in [5.74, 6) is -0.489. The second kappa shape index (κ2) is 8.54. The lowest BCUT2D eigenvalue weighted by molar-refractivity contribution is 0.101. The van der Waals surface area contributed by atoms with Gasteiger partial charge in [0, 0.05) is 5.38 Å². The molecule has 2 aromatic heterocycles. The largest absolute Gasteiger partial charge is 0.480 e. The maximum atomic E-state index is 12.9. The molecule has 0 atom stereocenters. The fourth-order valence-electron chi connectivity index (χ4n) is 2.42. The standard InChI is InChI=1S/C18H17FN4O3S/c1-25-16-14(17(26-2)21-10-20-16)15(24)23-18-22-13(9-27-18)8-5-11-3-6-12(19)7-4-11/h3-4,6-7,9-10H,5,8H2,1-2H3,(H,22,23,24). The molecule has 3 aromatic rings. The van der Waals surface area contributed by atoms with Crippen LogP contribution >= 0.6 is 11.3 Å². The third kappa shape index (κ3) is 4.56. The number of nitrogens with zero attached hydrogens (tertiary/aromatic N) is 3. The van der Waals surface area contributed by atoms with Crippen molar-refractivity contribution in [1.29, 1.82) is 0 Å². The average molecular weight is 388 g/mol. The summed E-state index contributed by atoms with van der Waals surface area (Å²) in [7, 11) is 2.82. The molecule has 0 aliphatic carbocycles. The van der Waals surface area contributed by atoms with Crippen molar-refractivity contribution in [3.63, 3.8) is 0 Å². The average Bonchev–Trinajstić information content (AvgIpc) is 3.14. The Labute approximate surface area is 159 Å². The Kier molecular flexibility index (Phi) is 5.92. The first kappa shape index (κ1) is 18.7. The van der Waals surface area contributed by atoms with E-state index in [1.807, 2.05) is 5.38 Å². The Morgan fingerprint density at radius 3 is 2.41 bits per heavy atom. The number of hydrogen-bond acceptors (Lipinski definition) is 7. The highest BCUT2D eigenvalue weighted by atomic mass is 32.1. The molecule has 0 spiro atoms. The van der Waals surface area contributed by atoms with Gasteiger partial charge in [0.15, 0.2) is 10.7 Å². The summed E-state index contributed by atoms with van der Waals surface area (Å²) >= 11 is 1.31. The lowest BCUT2D eigenvalue weighted by Gasteiger charge is -2.09. The predicted molar refractivity (Wildman–Crippen MR) is 99.0 cm³/mol. The van der Waals surface area contributed by atoms with E-state index in [0.717, 1.165) is 17.7 Å². The van der Waals surface area contributed by atoms with Crippen LogP contribution in [-0.4, -0.2) is 35.1 Å². The summed E-state index contributed by atoms with van der Waals surface area (Å²) in [6.45, 7) is 0. The van der Waals surface area contributed by atoms with Crippen molar-refractivity contribution in [1.82, 2.24) is 15.0 Å². The van der Waals surface area contributed by atoms with Crippen molar-refractivity contribution in [2.45, 2.75) is 12.8 Å². The first-order valence-corrected chi connectivity index (χ1v) is 8.92. The van der Waals surface area contributed by atoms with Crippen molar-refractivity contribution < 1.29 is 18.7 Å². The summed E-state index contributed by atoms with van der Waals surface area (Å²) in [4.78, 5) is 24.8. The number of amides is 1. The van der Waals surface area contributed by atoms with Crippen LogP contribution in [0.25, 0.3) is 0 Å². The highest BCUT2D eigenvalue weighted by molar-refractivity contribution is 7.14. The van der Waals surface area contributed by atoms with E-state index in [2.05, 4.69) is 20.3 Å². The summed E-state index contributed by atoms with van der Waals surface area (Å²) in [6.07, 6.45) is 2.66. The number of ether oxygens (including phenoxy) is 2. The van der Waals surface area contributed by atoms with Gasteiger partial charge in [0.2, 0.25) is 11.8 Å². The Morgan fingerprint density at radius 2 is 1.78 bits per heavy atom. The maximum absolute atomic E-state index is 12.9. The van der Waals surface area contributed by atoms with Crippen LogP contribution < -0.4 is 14.8 Å². The molecule has 0 bridgehead atoms. The number of thiazole rings is 1. The van der Waals surface area contributed by atoms with Crippen LogP contribution in [0.15, 0.2) is 36.0 Å². The van der Waals surface area contributed by atoms with Gasteiger partial charge in [-0.05, 0) is 30.5 Å². The Balaban J connectivity index is 1.67. The number of anilines is 1. The molecule has 2 heterocycles. The topological polar surface area (TPSA) is 86.2 Å². The highest BCUT2D eigenvalue weighted by Gasteiger charge is 2.22. The quantitative estimate of drug-likeness (QED) is 0.669. The van der Waals surface area contributed by atoms with E-state index in [0.29, 0.717) is 11.6 Å². The number of aromatic nitrogens is 3. The molecule has 0 radical (unpaired) electrons. The van der Waals surface area contributed by atoms with Crippen molar-refractivity contribution >= 4 is 22.4 Å². The van der Waals surface area contributed by atoms with Crippen LogP contribution in [-0.2, 0) is 12.8 Å². The lowest BCUT2D eigenvalue weighted by Crippen LogP contribution is -2.16. The van der Waals surface area contributed by atoms with Gasteiger partial charge in [0.25, 0.3) is 5.91 Å². The molecule has 0 aliphatic rings. The van der Waals surface area contributed by atoms with Crippen LogP contribution in [0.4, 0.5) is 9.52 Å². The molecule has 0 unspecified atom stereocenters. The minimum Gasteiger partial charge on any atom is -0.480 e. The van der Waals surface area contributed by atoms with Gasteiger partial charge in [-0.15, -0.1) is 11.3 Å². The summed E-state index contributed by atoms with van der Waals surface area (Å²) < 4.78 is 23.2. The fraction of sp³-hybridized carbons (Fsp3) is 0.222. The number of halogens is 1. The number of carbonyl (C=O) groups is 1. The maximum Gasteiger partial charge on any atom is 0.268 e. The molecule has 0 fully saturated rings. The molecule has 1 N–H and O–H groups in total. The van der Waals surface area contributed by atoms with E-state index in [4.69, 9.17) is 9.47 Å². The molecule has 140 valence electrons. The zero-order valence-corrected chi connectivity index (χ0v) is 15.5. The van der Waals surface area contributed by atoms with E-state index in [1.165, 1.54) is 44.0 Å². The van der Waals surface area contributed by atoms with Crippen molar-refractivity contribution in [2.75, 3.05) is 19.5 Å². The van der Waals surface area contributed by atoms with E-state index in [-0.39, 0.29) is 23.1 Å². The molecule has 0 saturated carbocycles. The zero-order chi connectivity index (χ0) is 19.2. The van der Waals surface area contributed by atoms with Crippen LogP contribution in [0.3, 0.4) is 0 Å². The summed E-state index contributed by atoms with van der Waals surface area (Å²) in [6, 6.07) is 6.37. The van der Waals surface area contributed by atoms with E-state index in [1.54, 1.807) is 12.1 Å². The van der Waals surface area contributed by atoms with E-state index in [9.17, 15) is 9.18 Å². The molecule has 3 rings (SSSR count). The molecule has 0 saturated heterocycles. The number of nitrogens with one attached hydrogen (secondary N) is 1. The van der Waals surface area contributed by atoms with Gasteiger partial charge in [-0.25, -0.2) is 19.3 Å². The van der Waals surface area contributed by atoms with Gasteiger partial charge in [-0.2, -0.15) is 0 Å². The lowest BCUT2D eigenvalue weighted by atomic mass is 10.1. The van der Waals surface area contributed by atoms with Gasteiger partial charge in [0.1, 0.15) is 12.1 Å². The fourth-order valence-corrected chi connectivity index (χ4v) is 3.16. The minimum absolute atomic E-state index is 0.102. The van der Waals surface area contributed by atoms with Crippen molar-refractivity contribution in [3.05, 3.63) is 58.6 Å². The number of methoxy groups -OCH3 is 2. The second-order valence-corrected chi connectivity index (χ2v) is 6.35. The normalized spacial score (nSPS) is 10.5. The monoisotopic (exact) mass is 388 g/mol. The zero-order valence-electron chi connectivity index (χ0n) is 14.7. The molecule has 7 nitrogen and oxygen atoms in total. The van der Waals surface area contributed by atoms with Gasteiger partial charge in [-0.1, -0.05) is 12.1 Å². The summed E-state index contributed by atoms with van der Waals surface area (Å²) in [5, 5.41) is 5.03. The molecular formula is C18H17FN4O3S. The molecule has 1 amide bonds. The number of hydrogen-bond donors (Lipinski definition) is 1. The van der Waals surface area contributed by atoms with Gasteiger partial charge >= 0.3 is 0 Å². The first-order valence-electron chi connectivity index (χ1n) is 8.04. The minimum atomic E-state index is -0.469. The first-order chi connectivity index (χ1) is 13.1. The van der Waals surface area contributed by atoms with Crippen molar-refractivity contribution in [3.8, 4) is 11.8 Å². The summed E-state index contributed by atoms with van der Waals surface area (Å²) in [5.41, 5.74) is 1.96. The number of carbonyl (C=O) groups excluding carboxylic acids is 1. The predicted octanol–water partition coefficient (Wildman–Crippen LogP) is 3.13. The Bertz CT molecular complexity index is 908. The SMILES string of the molecule is COc1ncnc(OC)c1C(=O)Nc1nc(CCc2ccc(F)cc2)cs1. The smallest absolute Gasteiger partial charge is 0.268 e. The molecule has 27 heavy (non-hydrogen) atoms. The second-order valence-electron chi connectivity index (χ2n) is 5.49. The molecular weight excluding hydrogens is 371 g/mol. The highest BCUT2D eigenvalue weighted by Crippen LogP contribution is 2.25. The Morgan fingerprint density at radius 1 is 1.11 bits per heavy atom. The van der Waals surface area contributed by atoms with Gasteiger partial charge < -0.3 is 9.47 Å². The number of benzene rings is 1. The van der Waals surface area contributed by atoms with E-state index < -0.39 is 5.91 Å². The molecule has 9 heteroatoms. The number of rotatable bonds is 7. The molecule has 1 aromatic carbocycles. The third-order valence-electron chi connectivity index (χ3n) is 3.75. The van der Waals surface area contributed by atoms with Crippen LogP contribution in [0.5, 0.6) is 11.8 Å². The van der Waals surface area contributed by atoms with Crippen molar-refractivity contribution in [2.24, 2.45) is 0 Å². The van der Waals surface area contributed by atoms with Crippen LogP contribution in [0.2, 0.25) is 0 Å².